The van der Waals surface area contributed by atoms with Gasteiger partial charge >= 0.3 is 5.69 Å². The van der Waals surface area contributed by atoms with Crippen molar-refractivity contribution in [2.45, 2.75) is 18.6 Å². The Hall–Kier alpha value is -4.51. The highest BCUT2D eigenvalue weighted by atomic mass is 32.2. The number of imidazole rings is 2. The Bertz CT molecular complexity index is 1780. The number of rotatable bonds is 8. The number of fused-ring (bicyclic) bond motifs is 1. The molecule has 5 aromatic rings. The zero-order chi connectivity index (χ0) is 27.0. The molecule has 3 aromatic carbocycles. The van der Waals surface area contributed by atoms with Crippen molar-refractivity contribution in [3.63, 3.8) is 0 Å². The minimum Gasteiger partial charge on any atom is -0.489 e. The Kier molecular flexibility index (Phi) is 6.45. The molecule has 196 valence electrons. The predicted molar refractivity (Wildman–Crippen MR) is 144 cm³/mol. The van der Waals surface area contributed by atoms with Gasteiger partial charge in [-0.15, -0.1) is 0 Å². The van der Waals surface area contributed by atoms with Crippen LogP contribution in [-0.4, -0.2) is 27.1 Å². The number of hydrogen-bond acceptors (Lipinski definition) is 6. The number of nitrogens with one attached hydrogen (secondary N) is 1. The maximum Gasteiger partial charge on any atom is 0.328 e. The van der Waals surface area contributed by atoms with Crippen molar-refractivity contribution in [1.82, 2.24) is 18.7 Å². The largest absolute Gasteiger partial charge is 0.489 e. The lowest BCUT2D eigenvalue weighted by Crippen LogP contribution is -2.19. The van der Waals surface area contributed by atoms with Gasteiger partial charge in [-0.1, -0.05) is 36.4 Å². The van der Waals surface area contributed by atoms with Gasteiger partial charge in [0.05, 0.1) is 16.7 Å². The molecule has 0 aliphatic carbocycles. The molecule has 5 rings (SSSR count). The number of hydrogen-bond donors (Lipinski definition) is 1. The first-order valence-electron chi connectivity index (χ1n) is 11.8. The number of aromatic nitrogens is 4. The molecule has 0 unspecified atom stereocenters. The normalized spacial score (nSPS) is 11.6. The van der Waals surface area contributed by atoms with Crippen LogP contribution in [0, 0.1) is 6.92 Å². The van der Waals surface area contributed by atoms with E-state index < -0.39 is 10.0 Å². The molecule has 0 spiro atoms. The van der Waals surface area contributed by atoms with E-state index in [1.54, 1.807) is 63.0 Å². The summed E-state index contributed by atoms with van der Waals surface area (Å²) in [6.07, 6.45) is 1.43. The van der Waals surface area contributed by atoms with Gasteiger partial charge in [-0.25, -0.2) is 9.78 Å². The van der Waals surface area contributed by atoms with Gasteiger partial charge in [0.1, 0.15) is 23.9 Å². The first kappa shape index (κ1) is 25.2. The Morgan fingerprint density at radius 1 is 0.895 bits per heavy atom. The van der Waals surface area contributed by atoms with Crippen LogP contribution in [0.1, 0.15) is 11.4 Å². The van der Waals surface area contributed by atoms with Crippen LogP contribution in [0.2, 0.25) is 0 Å². The van der Waals surface area contributed by atoms with E-state index >= 15 is 0 Å². The van der Waals surface area contributed by atoms with Crippen LogP contribution in [0.4, 0.5) is 5.69 Å². The standard InChI is InChI=1S/C27H27N5O5S/c1-18-28-26(16-30(18)2)38(34,35)29-22-14-23-24(32(4)27(33)31(23)3)15-25(22)37-21-12-8-11-20(13-21)36-17-19-9-6-5-7-10-19/h5-16,29H,17H2,1-4H3. The first-order valence-corrected chi connectivity index (χ1v) is 13.3. The van der Waals surface area contributed by atoms with Gasteiger partial charge in [-0.05, 0) is 30.7 Å². The summed E-state index contributed by atoms with van der Waals surface area (Å²) in [6.45, 7) is 2.10. The van der Waals surface area contributed by atoms with Crippen LogP contribution < -0.4 is 19.9 Å². The Balaban J connectivity index is 1.51. The number of sulfonamides is 1. The summed E-state index contributed by atoms with van der Waals surface area (Å²) < 4.78 is 45.6. The van der Waals surface area contributed by atoms with Crippen molar-refractivity contribution >= 4 is 26.7 Å². The summed E-state index contributed by atoms with van der Waals surface area (Å²) in [5.41, 5.74) is 2.07. The summed E-state index contributed by atoms with van der Waals surface area (Å²) in [4.78, 5) is 16.7. The molecular formula is C27H27N5O5S. The van der Waals surface area contributed by atoms with Gasteiger partial charge in [-0.3, -0.25) is 13.9 Å². The summed E-state index contributed by atoms with van der Waals surface area (Å²) in [6, 6.07) is 20.0. The van der Waals surface area contributed by atoms with E-state index in [2.05, 4.69) is 9.71 Å². The van der Waals surface area contributed by atoms with Gasteiger partial charge in [-0.2, -0.15) is 8.42 Å². The quantitative estimate of drug-likeness (QED) is 0.322. The first-order chi connectivity index (χ1) is 18.1. The molecule has 0 radical (unpaired) electrons. The third-order valence-corrected chi connectivity index (χ3v) is 7.50. The van der Waals surface area contributed by atoms with Gasteiger partial charge in [0.15, 0.2) is 10.8 Å². The average Bonchev–Trinajstić information content (AvgIpc) is 3.35. The Morgan fingerprint density at radius 3 is 2.26 bits per heavy atom. The number of anilines is 1. The summed E-state index contributed by atoms with van der Waals surface area (Å²) in [7, 11) is 0.944. The van der Waals surface area contributed by atoms with Crippen molar-refractivity contribution in [3.8, 4) is 17.2 Å². The van der Waals surface area contributed by atoms with E-state index in [9.17, 15) is 13.2 Å². The van der Waals surface area contributed by atoms with E-state index in [1.165, 1.54) is 15.3 Å². The van der Waals surface area contributed by atoms with E-state index in [-0.39, 0.29) is 22.2 Å². The van der Waals surface area contributed by atoms with Crippen molar-refractivity contribution in [3.05, 3.63) is 94.8 Å². The zero-order valence-corrected chi connectivity index (χ0v) is 22.2. The van der Waals surface area contributed by atoms with Gasteiger partial charge in [0, 0.05) is 39.5 Å². The number of nitrogens with zero attached hydrogens (tertiary/aromatic N) is 4. The fourth-order valence-electron chi connectivity index (χ4n) is 4.04. The van der Waals surface area contributed by atoms with Crippen molar-refractivity contribution in [2.24, 2.45) is 21.1 Å². The number of ether oxygens (including phenoxy) is 2. The summed E-state index contributed by atoms with van der Waals surface area (Å²) in [5, 5.41) is -0.123. The fourth-order valence-corrected chi connectivity index (χ4v) is 5.14. The molecule has 0 fully saturated rings. The topological polar surface area (TPSA) is 109 Å². The lowest BCUT2D eigenvalue weighted by atomic mass is 10.2. The van der Waals surface area contributed by atoms with Gasteiger partial charge in [0.2, 0.25) is 0 Å². The fraction of sp³-hybridized carbons (Fsp3) is 0.185. The van der Waals surface area contributed by atoms with Gasteiger partial charge in [0.25, 0.3) is 10.0 Å². The molecule has 0 amide bonds. The Labute approximate surface area is 219 Å². The van der Waals surface area contributed by atoms with Gasteiger partial charge < -0.3 is 14.0 Å². The van der Waals surface area contributed by atoms with Crippen molar-refractivity contribution in [2.75, 3.05) is 4.72 Å². The van der Waals surface area contributed by atoms with E-state index in [4.69, 9.17) is 9.47 Å². The zero-order valence-electron chi connectivity index (χ0n) is 21.4. The highest BCUT2D eigenvalue weighted by Gasteiger charge is 2.23. The average molecular weight is 534 g/mol. The molecule has 0 aliphatic rings. The lowest BCUT2D eigenvalue weighted by Gasteiger charge is -2.15. The third-order valence-electron chi connectivity index (χ3n) is 6.26. The molecule has 10 nitrogen and oxygen atoms in total. The lowest BCUT2D eigenvalue weighted by molar-refractivity contribution is 0.304. The summed E-state index contributed by atoms with van der Waals surface area (Å²) >= 11 is 0. The predicted octanol–water partition coefficient (Wildman–Crippen LogP) is 4.09. The molecule has 0 saturated carbocycles. The second kappa shape index (κ2) is 9.75. The minimum absolute atomic E-state index is 0.123. The maximum atomic E-state index is 13.2. The van der Waals surface area contributed by atoms with Crippen LogP contribution in [0.15, 0.2) is 82.7 Å². The van der Waals surface area contributed by atoms with Crippen LogP contribution >= 0.6 is 0 Å². The minimum atomic E-state index is -4.04. The van der Waals surface area contributed by atoms with Crippen LogP contribution in [0.5, 0.6) is 17.2 Å². The highest BCUT2D eigenvalue weighted by molar-refractivity contribution is 7.92. The number of aryl methyl sites for hydroxylation is 4. The van der Waals surface area contributed by atoms with Crippen molar-refractivity contribution in [1.29, 1.82) is 0 Å². The van der Waals surface area contributed by atoms with Crippen molar-refractivity contribution < 1.29 is 17.9 Å². The molecular weight excluding hydrogens is 506 g/mol. The van der Waals surface area contributed by atoms with E-state index in [0.717, 1.165) is 5.56 Å². The second-order valence-corrected chi connectivity index (χ2v) is 10.6. The summed E-state index contributed by atoms with van der Waals surface area (Å²) in [5.74, 6) is 1.79. The monoisotopic (exact) mass is 533 g/mol. The van der Waals surface area contributed by atoms with Crippen LogP contribution in [0.3, 0.4) is 0 Å². The molecule has 0 atom stereocenters. The molecule has 2 aromatic heterocycles. The van der Waals surface area contributed by atoms with Crippen LogP contribution in [-0.2, 0) is 37.8 Å². The molecule has 1 N–H and O–H groups in total. The third kappa shape index (κ3) is 4.88. The molecule has 0 aliphatic heterocycles. The van der Waals surface area contributed by atoms with Crippen LogP contribution in [0.25, 0.3) is 11.0 Å². The smallest absolute Gasteiger partial charge is 0.328 e. The second-order valence-electron chi connectivity index (χ2n) is 8.93. The SMILES string of the molecule is Cc1nc(S(=O)(=O)Nc2cc3c(cc2Oc2cccc(OCc4ccccc4)c2)n(C)c(=O)n3C)cn1C. The highest BCUT2D eigenvalue weighted by Crippen LogP contribution is 2.36. The number of benzene rings is 3. The molecule has 11 heteroatoms. The van der Waals surface area contributed by atoms with E-state index in [0.29, 0.717) is 35.0 Å². The van der Waals surface area contributed by atoms with E-state index in [1.807, 2.05) is 36.4 Å². The molecule has 2 heterocycles. The maximum absolute atomic E-state index is 13.2. The molecule has 38 heavy (non-hydrogen) atoms. The molecule has 0 bridgehead atoms. The molecule has 0 saturated heterocycles. The Morgan fingerprint density at radius 2 is 1.58 bits per heavy atom.